The van der Waals surface area contributed by atoms with Crippen molar-refractivity contribution in [3.05, 3.63) is 35.9 Å². The van der Waals surface area contributed by atoms with Crippen molar-refractivity contribution in [1.29, 1.82) is 0 Å². The van der Waals surface area contributed by atoms with Gasteiger partial charge in [-0.15, -0.1) is 0 Å². The number of amides is 1. The van der Waals surface area contributed by atoms with Gasteiger partial charge in [-0.05, 0) is 31.4 Å². The zero-order valence-electron chi connectivity index (χ0n) is 13.5. The maximum absolute atomic E-state index is 12.7. The predicted octanol–water partition coefficient (Wildman–Crippen LogP) is 3.28. The first-order valence-electron chi connectivity index (χ1n) is 8.17. The molecule has 2 N–H and O–H groups in total. The van der Waals surface area contributed by atoms with E-state index in [1.807, 2.05) is 6.07 Å². The van der Waals surface area contributed by atoms with E-state index in [1.54, 1.807) is 0 Å². The summed E-state index contributed by atoms with van der Waals surface area (Å²) in [5.41, 5.74) is 0.952. The van der Waals surface area contributed by atoms with Crippen molar-refractivity contribution in [2.24, 2.45) is 11.3 Å². The first-order chi connectivity index (χ1) is 10.1. The highest BCUT2D eigenvalue weighted by Crippen LogP contribution is 2.31. The van der Waals surface area contributed by atoms with Crippen LogP contribution in [0.5, 0.6) is 0 Å². The Morgan fingerprint density at radius 2 is 1.95 bits per heavy atom. The first-order valence-corrected chi connectivity index (χ1v) is 8.17. The van der Waals surface area contributed by atoms with Crippen LogP contribution in [0, 0.1) is 11.3 Å². The lowest BCUT2D eigenvalue weighted by Crippen LogP contribution is -2.43. The summed E-state index contributed by atoms with van der Waals surface area (Å²) < 4.78 is 0. The number of benzene rings is 1. The zero-order chi connectivity index (χ0) is 15.3. The van der Waals surface area contributed by atoms with Gasteiger partial charge in [0.1, 0.15) is 0 Å². The maximum atomic E-state index is 12.7. The predicted molar refractivity (Wildman–Crippen MR) is 87.0 cm³/mol. The lowest BCUT2D eigenvalue weighted by atomic mass is 9.85. The van der Waals surface area contributed by atoms with Crippen LogP contribution in [-0.2, 0) is 4.79 Å². The lowest BCUT2D eigenvalue weighted by molar-refractivity contribution is -0.130. The van der Waals surface area contributed by atoms with Gasteiger partial charge in [-0.1, -0.05) is 57.0 Å². The molecule has 1 heterocycles. The molecule has 2 unspecified atom stereocenters. The average molecular weight is 288 g/mol. The highest BCUT2D eigenvalue weighted by atomic mass is 16.2. The third-order valence-corrected chi connectivity index (χ3v) is 4.88. The minimum atomic E-state index is -0.265. The summed E-state index contributed by atoms with van der Waals surface area (Å²) in [6, 6.07) is 10.5. The van der Waals surface area contributed by atoms with Gasteiger partial charge in [-0.3, -0.25) is 4.79 Å². The Balaban J connectivity index is 2.18. The summed E-state index contributed by atoms with van der Waals surface area (Å²) in [4.78, 5) is 12.7. The van der Waals surface area contributed by atoms with Gasteiger partial charge in [0, 0.05) is 6.54 Å². The topological polar surface area (TPSA) is 41.1 Å². The van der Waals surface area contributed by atoms with Crippen LogP contribution in [0.3, 0.4) is 0 Å². The normalized spacial score (nSPS) is 23.2. The van der Waals surface area contributed by atoms with Crippen molar-refractivity contribution in [1.82, 2.24) is 10.6 Å². The Hall–Kier alpha value is -1.35. The average Bonchev–Trinajstić information content (AvgIpc) is 2.96. The Morgan fingerprint density at radius 1 is 1.29 bits per heavy atom. The number of rotatable bonds is 6. The smallest absolute Gasteiger partial charge is 0.227 e. The summed E-state index contributed by atoms with van der Waals surface area (Å²) in [7, 11) is 0. The van der Waals surface area contributed by atoms with Crippen molar-refractivity contribution in [2.45, 2.75) is 46.1 Å². The van der Waals surface area contributed by atoms with Crippen molar-refractivity contribution < 1.29 is 4.79 Å². The molecule has 21 heavy (non-hydrogen) atoms. The summed E-state index contributed by atoms with van der Waals surface area (Å²) in [5, 5.41) is 6.64. The Bertz CT molecular complexity index is 448. The monoisotopic (exact) mass is 288 g/mol. The first kappa shape index (κ1) is 16.0. The van der Waals surface area contributed by atoms with Crippen molar-refractivity contribution in [2.75, 3.05) is 13.1 Å². The maximum Gasteiger partial charge on any atom is 0.227 e. The molecule has 1 amide bonds. The molecule has 116 valence electrons. The van der Waals surface area contributed by atoms with Crippen LogP contribution in [0.15, 0.2) is 30.3 Å². The second-order valence-electron chi connectivity index (χ2n) is 6.43. The summed E-state index contributed by atoms with van der Waals surface area (Å²) in [5.74, 6) is 0.669. The van der Waals surface area contributed by atoms with Gasteiger partial charge in [0.05, 0.1) is 11.5 Å². The lowest BCUT2D eigenvalue weighted by Gasteiger charge is -2.31. The van der Waals surface area contributed by atoms with Gasteiger partial charge in [0.2, 0.25) is 5.91 Å². The molecule has 0 spiro atoms. The van der Waals surface area contributed by atoms with Crippen LogP contribution >= 0.6 is 0 Å². The van der Waals surface area contributed by atoms with Gasteiger partial charge in [-0.25, -0.2) is 0 Å². The Morgan fingerprint density at radius 3 is 2.48 bits per heavy atom. The number of carbonyl (C=O) groups is 1. The van der Waals surface area contributed by atoms with Gasteiger partial charge in [0.25, 0.3) is 0 Å². The minimum Gasteiger partial charge on any atom is -0.349 e. The number of carbonyl (C=O) groups excluding carboxylic acids is 1. The Kier molecular flexibility index (Phi) is 5.40. The molecule has 1 aromatic carbocycles. The zero-order valence-corrected chi connectivity index (χ0v) is 13.5. The summed E-state index contributed by atoms with van der Waals surface area (Å²) in [6.45, 7) is 8.19. The molecule has 3 nitrogen and oxygen atoms in total. The molecule has 2 atom stereocenters. The third-order valence-electron chi connectivity index (χ3n) is 4.88. The molecule has 0 saturated carbocycles. The summed E-state index contributed by atoms with van der Waals surface area (Å²) >= 11 is 0. The molecule has 1 aromatic rings. The van der Waals surface area contributed by atoms with E-state index in [4.69, 9.17) is 0 Å². The number of hydrogen-bond acceptors (Lipinski definition) is 2. The highest BCUT2D eigenvalue weighted by Gasteiger charge is 2.38. The molecule has 1 aliphatic heterocycles. The van der Waals surface area contributed by atoms with Crippen LogP contribution in [0.2, 0.25) is 0 Å². The standard InChI is InChI=1S/C18H28N2O/c1-4-14(5-2)16(15-9-7-6-8-10-15)20-17(21)18(3)11-12-19-13-18/h6-10,14,16,19H,4-5,11-13H2,1-3H3,(H,20,21). The fourth-order valence-corrected chi connectivity index (χ4v) is 3.22. The van der Waals surface area contributed by atoms with E-state index in [1.165, 1.54) is 5.56 Å². The van der Waals surface area contributed by atoms with Crippen molar-refractivity contribution in [3.8, 4) is 0 Å². The third kappa shape index (κ3) is 3.65. The van der Waals surface area contributed by atoms with E-state index < -0.39 is 0 Å². The Labute approximate surface area is 128 Å². The van der Waals surface area contributed by atoms with E-state index >= 15 is 0 Å². The van der Waals surface area contributed by atoms with Gasteiger partial charge in [0.15, 0.2) is 0 Å². The number of hydrogen-bond donors (Lipinski definition) is 2. The number of nitrogens with one attached hydrogen (secondary N) is 2. The summed E-state index contributed by atoms with van der Waals surface area (Å²) in [6.07, 6.45) is 3.07. The van der Waals surface area contributed by atoms with Gasteiger partial charge < -0.3 is 10.6 Å². The second kappa shape index (κ2) is 7.08. The fourth-order valence-electron chi connectivity index (χ4n) is 3.22. The van der Waals surface area contributed by atoms with Crippen molar-refractivity contribution >= 4 is 5.91 Å². The molecular formula is C18H28N2O. The minimum absolute atomic E-state index is 0.117. The SMILES string of the molecule is CCC(CC)C(NC(=O)C1(C)CCNC1)c1ccccc1. The second-order valence-corrected chi connectivity index (χ2v) is 6.43. The molecule has 1 saturated heterocycles. The van der Waals surface area contributed by atoms with Crippen LogP contribution < -0.4 is 10.6 Å². The molecule has 1 aliphatic rings. The molecule has 0 aliphatic carbocycles. The van der Waals surface area contributed by atoms with Gasteiger partial charge >= 0.3 is 0 Å². The van der Waals surface area contributed by atoms with Crippen LogP contribution in [-0.4, -0.2) is 19.0 Å². The molecule has 1 fully saturated rings. The molecular weight excluding hydrogens is 260 g/mol. The fraction of sp³-hybridized carbons (Fsp3) is 0.611. The van der Waals surface area contributed by atoms with E-state index in [9.17, 15) is 4.79 Å². The van der Waals surface area contributed by atoms with E-state index in [-0.39, 0.29) is 17.4 Å². The molecule has 0 radical (unpaired) electrons. The van der Waals surface area contributed by atoms with E-state index in [0.717, 1.165) is 32.4 Å². The van der Waals surface area contributed by atoms with E-state index in [2.05, 4.69) is 55.7 Å². The van der Waals surface area contributed by atoms with Crippen LogP contribution in [0.4, 0.5) is 0 Å². The highest BCUT2D eigenvalue weighted by molar-refractivity contribution is 5.83. The van der Waals surface area contributed by atoms with Gasteiger partial charge in [-0.2, -0.15) is 0 Å². The molecule has 0 aromatic heterocycles. The van der Waals surface area contributed by atoms with E-state index in [0.29, 0.717) is 5.92 Å². The quantitative estimate of drug-likeness (QED) is 0.843. The largest absolute Gasteiger partial charge is 0.349 e. The molecule has 0 bridgehead atoms. The van der Waals surface area contributed by atoms with Crippen LogP contribution in [0.25, 0.3) is 0 Å². The molecule has 2 rings (SSSR count). The van der Waals surface area contributed by atoms with Crippen LogP contribution in [0.1, 0.15) is 51.6 Å². The molecule has 3 heteroatoms. The van der Waals surface area contributed by atoms with Crippen molar-refractivity contribution in [3.63, 3.8) is 0 Å².